The molecule has 0 amide bonds. The molecule has 29 heavy (non-hydrogen) atoms. The Bertz CT molecular complexity index is 1350. The number of nitrogens with zero attached hydrogens (tertiary/aromatic N) is 2. The van der Waals surface area contributed by atoms with E-state index >= 15 is 0 Å². The minimum Gasteiger partial charge on any atom is -0.309 e. The van der Waals surface area contributed by atoms with Gasteiger partial charge in [-0.15, -0.1) is 0 Å². The Balaban J connectivity index is 1.93. The van der Waals surface area contributed by atoms with E-state index < -0.39 is 0 Å². The fraction of sp³-hybridized carbons (Fsp3) is 0. The van der Waals surface area contributed by atoms with Crippen molar-refractivity contribution in [2.45, 2.75) is 0 Å². The van der Waals surface area contributed by atoms with Crippen molar-refractivity contribution in [1.82, 2.24) is 4.57 Å². The van der Waals surface area contributed by atoms with Gasteiger partial charge in [-0.2, -0.15) is 0 Å². The van der Waals surface area contributed by atoms with Gasteiger partial charge in [0.05, 0.1) is 21.6 Å². The largest absolute Gasteiger partial charge is 0.309 e. The summed E-state index contributed by atoms with van der Waals surface area (Å²) in [7, 11) is 0. The van der Waals surface area contributed by atoms with Crippen LogP contribution in [0.25, 0.3) is 38.6 Å². The minimum atomic E-state index is -0.351. The third-order valence-electron chi connectivity index (χ3n) is 5.18. The highest BCUT2D eigenvalue weighted by Crippen LogP contribution is 2.39. The van der Waals surface area contributed by atoms with Crippen molar-refractivity contribution in [3.05, 3.63) is 106 Å². The Morgan fingerprint density at radius 2 is 1.31 bits per heavy atom. The lowest BCUT2D eigenvalue weighted by molar-refractivity contribution is -0.384. The second-order valence-electron chi connectivity index (χ2n) is 6.81. The van der Waals surface area contributed by atoms with Crippen molar-refractivity contribution >= 4 is 43.4 Å². The molecule has 0 unspecified atom stereocenters. The van der Waals surface area contributed by atoms with E-state index in [4.69, 9.17) is 0 Å². The SMILES string of the molecule is O=[N+]([O-])c1ccc(-n2c3ccccc3c3ccccc32)c(-c2ccccc2Br)c1. The van der Waals surface area contributed by atoms with E-state index in [-0.39, 0.29) is 10.6 Å². The summed E-state index contributed by atoms with van der Waals surface area (Å²) in [6, 6.07) is 29.3. The van der Waals surface area contributed by atoms with E-state index in [0.717, 1.165) is 43.1 Å². The predicted octanol–water partition coefficient (Wildman–Crippen LogP) is 7.12. The maximum Gasteiger partial charge on any atom is 0.270 e. The summed E-state index contributed by atoms with van der Waals surface area (Å²) in [5, 5.41) is 13.8. The van der Waals surface area contributed by atoms with E-state index in [9.17, 15) is 10.1 Å². The second kappa shape index (κ2) is 6.87. The van der Waals surface area contributed by atoms with Crippen LogP contribution in [0.2, 0.25) is 0 Å². The lowest BCUT2D eigenvalue weighted by Crippen LogP contribution is -1.99. The lowest BCUT2D eigenvalue weighted by atomic mass is 10.0. The molecule has 0 N–H and O–H groups in total. The average Bonchev–Trinajstić information content (AvgIpc) is 3.08. The first-order valence-corrected chi connectivity index (χ1v) is 9.96. The number of nitro groups is 1. The van der Waals surface area contributed by atoms with Crippen molar-refractivity contribution in [3.63, 3.8) is 0 Å². The van der Waals surface area contributed by atoms with Gasteiger partial charge in [0.1, 0.15) is 0 Å². The number of aromatic nitrogens is 1. The zero-order chi connectivity index (χ0) is 20.0. The van der Waals surface area contributed by atoms with E-state index in [1.54, 1.807) is 12.1 Å². The molecule has 0 atom stereocenters. The Labute approximate surface area is 175 Å². The zero-order valence-corrected chi connectivity index (χ0v) is 16.8. The topological polar surface area (TPSA) is 48.1 Å². The van der Waals surface area contributed by atoms with Gasteiger partial charge in [0, 0.05) is 32.9 Å². The summed E-state index contributed by atoms with van der Waals surface area (Å²) in [5.74, 6) is 0. The molecule has 4 aromatic carbocycles. The fourth-order valence-electron chi connectivity index (χ4n) is 3.91. The van der Waals surface area contributed by atoms with Crippen molar-refractivity contribution < 1.29 is 4.92 Å². The Hall–Kier alpha value is -3.44. The van der Waals surface area contributed by atoms with Gasteiger partial charge in [0.2, 0.25) is 0 Å². The van der Waals surface area contributed by atoms with Gasteiger partial charge in [-0.25, -0.2) is 0 Å². The fourth-order valence-corrected chi connectivity index (χ4v) is 4.41. The Kier molecular flexibility index (Phi) is 4.18. The normalized spacial score (nSPS) is 11.2. The molecule has 140 valence electrons. The van der Waals surface area contributed by atoms with Crippen molar-refractivity contribution in [3.8, 4) is 16.8 Å². The van der Waals surface area contributed by atoms with Crippen LogP contribution in [0.3, 0.4) is 0 Å². The molecule has 1 heterocycles. The molecule has 5 aromatic rings. The van der Waals surface area contributed by atoms with Gasteiger partial charge in [-0.1, -0.05) is 70.5 Å². The third kappa shape index (κ3) is 2.82. The summed E-state index contributed by atoms with van der Waals surface area (Å²) in [6.07, 6.45) is 0. The summed E-state index contributed by atoms with van der Waals surface area (Å²) >= 11 is 3.61. The van der Waals surface area contributed by atoms with Crippen LogP contribution in [0.1, 0.15) is 0 Å². The Morgan fingerprint density at radius 1 is 0.724 bits per heavy atom. The van der Waals surface area contributed by atoms with E-state index in [2.05, 4.69) is 44.8 Å². The summed E-state index contributed by atoms with van der Waals surface area (Å²) < 4.78 is 3.07. The zero-order valence-electron chi connectivity index (χ0n) is 15.2. The molecular weight excluding hydrogens is 428 g/mol. The first-order chi connectivity index (χ1) is 14.1. The maximum absolute atomic E-state index is 11.5. The average molecular weight is 443 g/mol. The van der Waals surface area contributed by atoms with Gasteiger partial charge >= 0.3 is 0 Å². The molecular formula is C24H15BrN2O2. The molecule has 5 heteroatoms. The summed E-state index contributed by atoms with van der Waals surface area (Å²) in [5.41, 5.74) is 4.82. The van der Waals surface area contributed by atoms with Gasteiger partial charge in [0.15, 0.2) is 0 Å². The van der Waals surface area contributed by atoms with Crippen molar-refractivity contribution in [1.29, 1.82) is 0 Å². The van der Waals surface area contributed by atoms with Crippen LogP contribution in [0.5, 0.6) is 0 Å². The smallest absolute Gasteiger partial charge is 0.270 e. The van der Waals surface area contributed by atoms with Gasteiger partial charge in [-0.05, 0) is 29.8 Å². The third-order valence-corrected chi connectivity index (χ3v) is 5.87. The van der Waals surface area contributed by atoms with Crippen molar-refractivity contribution in [2.24, 2.45) is 0 Å². The standard InChI is InChI=1S/C24H15BrN2O2/c25-21-10-4-1-7-17(21)20-15-16(27(28)29)13-14-24(20)26-22-11-5-2-8-18(22)19-9-3-6-12-23(19)26/h1-15H. The molecule has 0 saturated carbocycles. The molecule has 0 aliphatic heterocycles. The predicted molar refractivity (Wildman–Crippen MR) is 121 cm³/mol. The van der Waals surface area contributed by atoms with E-state index in [1.165, 1.54) is 0 Å². The molecule has 4 nitrogen and oxygen atoms in total. The number of para-hydroxylation sites is 2. The maximum atomic E-state index is 11.5. The van der Waals surface area contributed by atoms with Crippen LogP contribution in [0.4, 0.5) is 5.69 Å². The van der Waals surface area contributed by atoms with Crippen LogP contribution in [0.15, 0.2) is 95.5 Å². The molecule has 0 aliphatic carbocycles. The number of rotatable bonds is 3. The minimum absolute atomic E-state index is 0.0697. The van der Waals surface area contributed by atoms with Crippen LogP contribution in [-0.4, -0.2) is 9.49 Å². The molecule has 0 saturated heterocycles. The number of halogens is 1. The Morgan fingerprint density at radius 3 is 1.93 bits per heavy atom. The molecule has 0 spiro atoms. The second-order valence-corrected chi connectivity index (χ2v) is 7.66. The molecule has 0 bridgehead atoms. The van der Waals surface area contributed by atoms with E-state index in [0.29, 0.717) is 0 Å². The summed E-state index contributed by atoms with van der Waals surface area (Å²) in [6.45, 7) is 0. The van der Waals surface area contributed by atoms with Crippen LogP contribution >= 0.6 is 15.9 Å². The van der Waals surface area contributed by atoms with Crippen LogP contribution in [-0.2, 0) is 0 Å². The lowest BCUT2D eigenvalue weighted by Gasteiger charge is -2.15. The van der Waals surface area contributed by atoms with Crippen LogP contribution in [0, 0.1) is 10.1 Å². The monoisotopic (exact) mass is 442 g/mol. The first-order valence-electron chi connectivity index (χ1n) is 9.17. The van der Waals surface area contributed by atoms with E-state index in [1.807, 2.05) is 54.6 Å². The highest BCUT2D eigenvalue weighted by Gasteiger charge is 2.19. The molecule has 5 rings (SSSR count). The van der Waals surface area contributed by atoms with Crippen molar-refractivity contribution in [2.75, 3.05) is 0 Å². The number of benzene rings is 4. The molecule has 0 fully saturated rings. The quantitative estimate of drug-likeness (QED) is 0.220. The number of nitro benzene ring substituents is 1. The molecule has 0 radical (unpaired) electrons. The van der Waals surface area contributed by atoms with Gasteiger partial charge in [-0.3, -0.25) is 10.1 Å². The number of non-ortho nitro benzene ring substituents is 1. The molecule has 1 aromatic heterocycles. The number of fused-ring (bicyclic) bond motifs is 3. The van der Waals surface area contributed by atoms with Gasteiger partial charge < -0.3 is 4.57 Å². The van der Waals surface area contributed by atoms with Crippen LogP contribution < -0.4 is 0 Å². The highest BCUT2D eigenvalue weighted by molar-refractivity contribution is 9.10. The van der Waals surface area contributed by atoms with Gasteiger partial charge in [0.25, 0.3) is 5.69 Å². The number of hydrogen-bond donors (Lipinski definition) is 0. The highest BCUT2D eigenvalue weighted by atomic mass is 79.9. The molecule has 0 aliphatic rings. The summed E-state index contributed by atoms with van der Waals surface area (Å²) in [4.78, 5) is 11.1. The number of hydrogen-bond acceptors (Lipinski definition) is 2. The first kappa shape index (κ1) is 17.6.